The van der Waals surface area contributed by atoms with Gasteiger partial charge < -0.3 is 24.2 Å². The molecule has 2 fully saturated rings. The molecule has 2 aliphatic rings. The van der Waals surface area contributed by atoms with Crippen molar-refractivity contribution in [2.45, 2.75) is 105 Å². The Morgan fingerprint density at radius 2 is 1.77 bits per heavy atom. The topological polar surface area (TPSA) is 118 Å². The van der Waals surface area contributed by atoms with Crippen LogP contribution in [0.2, 0.25) is 0 Å². The van der Waals surface area contributed by atoms with Crippen molar-refractivity contribution in [2.24, 2.45) is 23.7 Å². The zero-order valence-corrected chi connectivity index (χ0v) is 27.6. The fourth-order valence-electron chi connectivity index (χ4n) is 5.81. The molecule has 10 nitrogen and oxygen atoms in total. The molecular formula is C33H53N3O7. The molecule has 0 spiro atoms. The molecule has 0 aromatic carbocycles. The van der Waals surface area contributed by atoms with Crippen LogP contribution in [0.15, 0.2) is 12.3 Å². The van der Waals surface area contributed by atoms with Crippen LogP contribution in [-0.4, -0.2) is 83.9 Å². The first kappa shape index (κ1) is 34.8. The van der Waals surface area contributed by atoms with Crippen LogP contribution in [-0.2, 0) is 19.1 Å². The number of aliphatic hydroxyl groups is 1. The van der Waals surface area contributed by atoms with Gasteiger partial charge in [0.15, 0.2) is 0 Å². The zero-order chi connectivity index (χ0) is 32.1. The van der Waals surface area contributed by atoms with Crippen LogP contribution in [0.1, 0.15) is 92.6 Å². The predicted molar refractivity (Wildman–Crippen MR) is 165 cm³/mol. The number of aliphatic hydroxyl groups excluding tert-OH is 1. The van der Waals surface area contributed by atoms with Gasteiger partial charge in [-0.1, -0.05) is 27.7 Å². The lowest BCUT2D eigenvalue weighted by atomic mass is 9.79. The number of ketones is 1. The maximum atomic E-state index is 14.3. The second-order valence-electron chi connectivity index (χ2n) is 13.8. The van der Waals surface area contributed by atoms with Crippen molar-refractivity contribution in [3.63, 3.8) is 0 Å². The maximum absolute atomic E-state index is 14.3. The number of carbonyl (C=O) groups excluding carboxylic acids is 3. The highest BCUT2D eigenvalue weighted by atomic mass is 16.6. The average molecular weight is 604 g/mol. The van der Waals surface area contributed by atoms with E-state index in [-0.39, 0.29) is 49.1 Å². The Morgan fingerprint density at radius 1 is 1.12 bits per heavy atom. The normalized spacial score (nSPS) is 21.6. The predicted octanol–water partition coefficient (Wildman–Crippen LogP) is 5.21. The van der Waals surface area contributed by atoms with Gasteiger partial charge in [-0.2, -0.15) is 0 Å². The molecule has 0 bridgehead atoms. The van der Waals surface area contributed by atoms with Gasteiger partial charge in [0.25, 0.3) is 0 Å². The number of likely N-dealkylation sites (tertiary alicyclic amines) is 1. The minimum absolute atomic E-state index is 0.0136. The van der Waals surface area contributed by atoms with Gasteiger partial charge in [0.05, 0.1) is 25.0 Å². The molecule has 242 valence electrons. The third-order valence-electron chi connectivity index (χ3n) is 8.01. The molecule has 0 radical (unpaired) electrons. The zero-order valence-electron chi connectivity index (χ0n) is 27.6. The maximum Gasteiger partial charge on any atom is 0.410 e. The molecule has 4 atom stereocenters. The Bertz CT molecular complexity index is 1110. The number of amides is 2. The first-order valence-electron chi connectivity index (χ1n) is 15.8. The SMILES string of the molecule is CCOC[C@H](CC(=O)[C@@H]1CN(C(=O)OC(C)(C)C)C[C@H](C(=O)N(c2cc(OC)c(C(C)C)cn2)C2CC2)[C@@H]1O)CC(C)C. The van der Waals surface area contributed by atoms with E-state index in [2.05, 4.69) is 18.8 Å². The van der Waals surface area contributed by atoms with Crippen molar-refractivity contribution in [1.82, 2.24) is 9.88 Å². The van der Waals surface area contributed by atoms with Crippen molar-refractivity contribution < 1.29 is 33.7 Å². The summed E-state index contributed by atoms with van der Waals surface area (Å²) in [5.74, 6) is -0.904. The summed E-state index contributed by atoms with van der Waals surface area (Å²) in [6.07, 6.45) is 2.46. The Morgan fingerprint density at radius 3 is 2.30 bits per heavy atom. The number of carbonyl (C=O) groups is 3. The summed E-state index contributed by atoms with van der Waals surface area (Å²) < 4.78 is 16.9. The van der Waals surface area contributed by atoms with Crippen LogP contribution in [0.3, 0.4) is 0 Å². The van der Waals surface area contributed by atoms with Gasteiger partial charge in [-0.15, -0.1) is 0 Å². The first-order chi connectivity index (χ1) is 20.2. The van der Waals surface area contributed by atoms with Gasteiger partial charge in [-0.3, -0.25) is 14.5 Å². The number of piperidine rings is 1. The number of aromatic nitrogens is 1. The summed E-state index contributed by atoms with van der Waals surface area (Å²) in [5.41, 5.74) is 0.168. The number of hydrogen-bond donors (Lipinski definition) is 1. The molecule has 3 rings (SSSR count). The lowest BCUT2D eigenvalue weighted by molar-refractivity contribution is -0.140. The van der Waals surface area contributed by atoms with Crippen LogP contribution < -0.4 is 9.64 Å². The highest BCUT2D eigenvalue weighted by Gasteiger charge is 2.48. The van der Waals surface area contributed by atoms with Crippen molar-refractivity contribution in [3.8, 4) is 5.75 Å². The van der Waals surface area contributed by atoms with E-state index >= 15 is 0 Å². The molecule has 1 saturated carbocycles. The molecule has 1 aromatic rings. The van der Waals surface area contributed by atoms with Crippen molar-refractivity contribution in [1.29, 1.82) is 0 Å². The van der Waals surface area contributed by atoms with E-state index in [1.807, 2.05) is 20.8 Å². The molecule has 2 amide bonds. The van der Waals surface area contributed by atoms with Crippen LogP contribution in [0.5, 0.6) is 5.75 Å². The standard InChI is InChI=1S/C33H53N3O7/c1-10-42-19-22(13-20(2)3)14-27(37)25-17-35(32(40)43-33(6,7)8)18-26(30(25)38)31(39)36(23-11-12-23)29-15-28(41-9)24(16-34-29)21(4)5/h15-16,20-23,25-26,30,38H,10-14,17-19H2,1-9H3/t22-,25-,26-,30+/m0/s1. The number of pyridine rings is 1. The summed E-state index contributed by atoms with van der Waals surface area (Å²) in [4.78, 5) is 49.0. The monoisotopic (exact) mass is 603 g/mol. The lowest BCUT2D eigenvalue weighted by Crippen LogP contribution is -2.59. The Labute approximate surface area is 257 Å². The summed E-state index contributed by atoms with van der Waals surface area (Å²) in [6.45, 7) is 16.4. The number of anilines is 1. The largest absolute Gasteiger partial charge is 0.496 e. The van der Waals surface area contributed by atoms with E-state index in [4.69, 9.17) is 14.2 Å². The van der Waals surface area contributed by atoms with Gasteiger partial charge in [-0.25, -0.2) is 9.78 Å². The quantitative estimate of drug-likeness (QED) is 0.326. The summed E-state index contributed by atoms with van der Waals surface area (Å²) in [5, 5.41) is 11.7. The molecule has 2 heterocycles. The number of ether oxygens (including phenoxy) is 3. The van der Waals surface area contributed by atoms with E-state index in [1.165, 1.54) is 4.90 Å². The second kappa shape index (κ2) is 14.8. The number of hydrogen-bond acceptors (Lipinski definition) is 8. The number of Topliss-reactive ketones (excluding diaryl/α,β-unsaturated/α-hetero) is 1. The molecular weight excluding hydrogens is 550 g/mol. The third kappa shape index (κ3) is 9.38. The molecule has 1 aliphatic heterocycles. The van der Waals surface area contributed by atoms with Gasteiger partial charge in [0, 0.05) is 56.6 Å². The Kier molecular flexibility index (Phi) is 12.0. The van der Waals surface area contributed by atoms with E-state index in [9.17, 15) is 19.5 Å². The van der Waals surface area contributed by atoms with E-state index in [0.717, 1.165) is 24.8 Å². The highest BCUT2D eigenvalue weighted by molar-refractivity contribution is 5.97. The number of methoxy groups -OCH3 is 1. The summed E-state index contributed by atoms with van der Waals surface area (Å²) in [6, 6.07) is 1.69. The summed E-state index contributed by atoms with van der Waals surface area (Å²) >= 11 is 0. The van der Waals surface area contributed by atoms with Crippen LogP contribution in [0, 0.1) is 23.7 Å². The fraction of sp³-hybridized carbons (Fsp3) is 0.758. The van der Waals surface area contributed by atoms with Crippen molar-refractivity contribution in [2.75, 3.05) is 38.3 Å². The molecule has 43 heavy (non-hydrogen) atoms. The fourth-order valence-corrected chi connectivity index (χ4v) is 5.81. The van der Waals surface area contributed by atoms with E-state index in [1.54, 1.807) is 45.0 Å². The van der Waals surface area contributed by atoms with E-state index < -0.39 is 29.6 Å². The summed E-state index contributed by atoms with van der Waals surface area (Å²) in [7, 11) is 1.59. The van der Waals surface area contributed by atoms with Gasteiger partial charge in [0.2, 0.25) is 5.91 Å². The van der Waals surface area contributed by atoms with Crippen LogP contribution in [0.4, 0.5) is 10.6 Å². The Balaban J connectivity index is 1.95. The molecule has 1 aliphatic carbocycles. The molecule has 1 saturated heterocycles. The average Bonchev–Trinajstić information content (AvgIpc) is 3.75. The van der Waals surface area contributed by atoms with Gasteiger partial charge in [-0.05, 0) is 64.7 Å². The number of nitrogens with zero attached hydrogens (tertiary/aromatic N) is 3. The smallest absolute Gasteiger partial charge is 0.410 e. The molecule has 1 aromatic heterocycles. The lowest BCUT2D eigenvalue weighted by Gasteiger charge is -2.42. The van der Waals surface area contributed by atoms with Crippen LogP contribution in [0.25, 0.3) is 0 Å². The number of rotatable bonds is 13. The molecule has 10 heteroatoms. The highest BCUT2D eigenvalue weighted by Crippen LogP contribution is 2.38. The van der Waals surface area contributed by atoms with Gasteiger partial charge >= 0.3 is 6.09 Å². The van der Waals surface area contributed by atoms with Gasteiger partial charge in [0.1, 0.15) is 23.0 Å². The second-order valence-corrected chi connectivity index (χ2v) is 13.8. The minimum Gasteiger partial charge on any atom is -0.496 e. The third-order valence-corrected chi connectivity index (χ3v) is 8.01. The molecule has 0 unspecified atom stereocenters. The van der Waals surface area contributed by atoms with Crippen LogP contribution >= 0.6 is 0 Å². The van der Waals surface area contributed by atoms with Crippen molar-refractivity contribution >= 4 is 23.6 Å². The van der Waals surface area contributed by atoms with Crippen molar-refractivity contribution in [3.05, 3.63) is 17.8 Å². The Hall–Kier alpha value is -2.72. The van der Waals surface area contributed by atoms with E-state index in [0.29, 0.717) is 30.7 Å². The first-order valence-corrected chi connectivity index (χ1v) is 15.8. The minimum atomic E-state index is -1.26. The molecule has 1 N–H and O–H groups in total.